The molecule has 0 spiro atoms. The summed E-state index contributed by atoms with van der Waals surface area (Å²) in [5.41, 5.74) is 0. The minimum atomic E-state index is 0.556. The molecular weight excluding hydrogens is 260 g/mol. The third kappa shape index (κ3) is 5.77. The Morgan fingerprint density at radius 1 is 1.13 bits per heavy atom. The van der Waals surface area contributed by atoms with E-state index in [1.807, 2.05) is 24.3 Å². The number of rotatable bonds is 7. The van der Waals surface area contributed by atoms with Gasteiger partial charge in [0.15, 0.2) is 0 Å². The van der Waals surface area contributed by atoms with Crippen molar-refractivity contribution in [2.75, 3.05) is 33.5 Å². The third-order valence-electron chi connectivity index (χ3n) is 1.72. The third-order valence-corrected chi connectivity index (χ3v) is 2.22. The molecule has 3 nitrogen and oxygen atoms in total. The number of methoxy groups -OCH3 is 1. The molecule has 0 saturated heterocycles. The highest BCUT2D eigenvalue weighted by Gasteiger charge is 1.94. The van der Waals surface area contributed by atoms with Crippen molar-refractivity contribution in [1.29, 1.82) is 0 Å². The topological polar surface area (TPSA) is 27.7 Å². The zero-order valence-electron chi connectivity index (χ0n) is 8.74. The standard InChI is InChI=1S/C11H15BrO3/c1-13-5-6-14-7-8-15-11-4-2-3-10(12)9-11/h2-4,9H,5-8H2,1H3. The van der Waals surface area contributed by atoms with E-state index in [0.29, 0.717) is 26.4 Å². The highest BCUT2D eigenvalue weighted by atomic mass is 79.9. The van der Waals surface area contributed by atoms with Crippen LogP contribution in [0.3, 0.4) is 0 Å². The predicted octanol–water partition coefficient (Wildman–Crippen LogP) is 2.49. The molecular formula is C11H15BrO3. The maximum Gasteiger partial charge on any atom is 0.120 e. The van der Waals surface area contributed by atoms with Gasteiger partial charge in [-0.1, -0.05) is 22.0 Å². The Bertz CT molecular complexity index is 278. The van der Waals surface area contributed by atoms with E-state index in [4.69, 9.17) is 14.2 Å². The Hall–Kier alpha value is -0.580. The number of hydrogen-bond donors (Lipinski definition) is 0. The molecule has 0 saturated carbocycles. The van der Waals surface area contributed by atoms with E-state index in [2.05, 4.69) is 15.9 Å². The molecule has 0 N–H and O–H groups in total. The van der Waals surface area contributed by atoms with Crippen LogP contribution < -0.4 is 4.74 Å². The zero-order valence-corrected chi connectivity index (χ0v) is 10.3. The van der Waals surface area contributed by atoms with Gasteiger partial charge in [0.2, 0.25) is 0 Å². The molecule has 0 bridgehead atoms. The monoisotopic (exact) mass is 274 g/mol. The molecule has 0 amide bonds. The molecule has 0 aliphatic carbocycles. The highest BCUT2D eigenvalue weighted by molar-refractivity contribution is 9.10. The Labute approximate surface area is 98.5 Å². The minimum absolute atomic E-state index is 0.556. The van der Waals surface area contributed by atoms with E-state index in [1.165, 1.54) is 0 Å². The molecule has 0 fully saturated rings. The highest BCUT2D eigenvalue weighted by Crippen LogP contribution is 2.17. The van der Waals surface area contributed by atoms with Gasteiger partial charge >= 0.3 is 0 Å². The Balaban J connectivity index is 2.10. The molecule has 1 aromatic carbocycles. The van der Waals surface area contributed by atoms with Crippen molar-refractivity contribution in [1.82, 2.24) is 0 Å². The van der Waals surface area contributed by atoms with Gasteiger partial charge in [0.05, 0.1) is 19.8 Å². The van der Waals surface area contributed by atoms with Crippen LogP contribution in [0.2, 0.25) is 0 Å². The van der Waals surface area contributed by atoms with Gasteiger partial charge < -0.3 is 14.2 Å². The van der Waals surface area contributed by atoms with Gasteiger partial charge in [-0.25, -0.2) is 0 Å². The van der Waals surface area contributed by atoms with Gasteiger partial charge in [0.25, 0.3) is 0 Å². The average molecular weight is 275 g/mol. The largest absolute Gasteiger partial charge is 0.491 e. The molecule has 4 heteroatoms. The summed E-state index contributed by atoms with van der Waals surface area (Å²) in [7, 11) is 1.65. The Morgan fingerprint density at radius 3 is 2.67 bits per heavy atom. The van der Waals surface area contributed by atoms with Crippen molar-refractivity contribution in [2.24, 2.45) is 0 Å². The zero-order chi connectivity index (χ0) is 10.9. The summed E-state index contributed by atoms with van der Waals surface area (Å²) in [6, 6.07) is 7.74. The lowest BCUT2D eigenvalue weighted by Gasteiger charge is -2.06. The Kier molecular flexibility index (Phi) is 6.39. The smallest absolute Gasteiger partial charge is 0.120 e. The fourth-order valence-electron chi connectivity index (χ4n) is 1.02. The first-order valence-corrected chi connectivity index (χ1v) is 5.57. The number of ether oxygens (including phenoxy) is 3. The van der Waals surface area contributed by atoms with Gasteiger partial charge in [-0.05, 0) is 18.2 Å². The van der Waals surface area contributed by atoms with Crippen LogP contribution in [0.1, 0.15) is 0 Å². The van der Waals surface area contributed by atoms with Crippen LogP contribution in [-0.4, -0.2) is 33.5 Å². The molecule has 84 valence electrons. The summed E-state index contributed by atoms with van der Waals surface area (Å²) in [6.45, 7) is 2.37. The summed E-state index contributed by atoms with van der Waals surface area (Å²) in [6.07, 6.45) is 0. The van der Waals surface area contributed by atoms with Crippen molar-refractivity contribution in [3.05, 3.63) is 28.7 Å². The summed E-state index contributed by atoms with van der Waals surface area (Å²) >= 11 is 3.38. The van der Waals surface area contributed by atoms with E-state index >= 15 is 0 Å². The molecule has 1 rings (SSSR count). The van der Waals surface area contributed by atoms with Crippen molar-refractivity contribution < 1.29 is 14.2 Å². The summed E-state index contributed by atoms with van der Waals surface area (Å²) < 4.78 is 16.6. The molecule has 0 radical (unpaired) electrons. The van der Waals surface area contributed by atoms with Crippen molar-refractivity contribution in [3.8, 4) is 5.75 Å². The first-order valence-electron chi connectivity index (χ1n) is 4.78. The quantitative estimate of drug-likeness (QED) is 0.715. The number of halogens is 1. The predicted molar refractivity (Wildman–Crippen MR) is 62.3 cm³/mol. The SMILES string of the molecule is COCCOCCOc1cccc(Br)c1. The molecule has 0 aromatic heterocycles. The Morgan fingerprint density at radius 2 is 1.93 bits per heavy atom. The van der Waals surface area contributed by atoms with Gasteiger partial charge in [0, 0.05) is 11.6 Å². The van der Waals surface area contributed by atoms with Gasteiger partial charge in [-0.15, -0.1) is 0 Å². The van der Waals surface area contributed by atoms with Crippen molar-refractivity contribution >= 4 is 15.9 Å². The van der Waals surface area contributed by atoms with Gasteiger partial charge in [-0.2, -0.15) is 0 Å². The molecule has 0 atom stereocenters. The van der Waals surface area contributed by atoms with E-state index in [0.717, 1.165) is 10.2 Å². The van der Waals surface area contributed by atoms with E-state index in [-0.39, 0.29) is 0 Å². The second kappa shape index (κ2) is 7.68. The first-order chi connectivity index (χ1) is 7.33. The molecule has 15 heavy (non-hydrogen) atoms. The molecule has 0 heterocycles. The van der Waals surface area contributed by atoms with Gasteiger partial charge in [-0.3, -0.25) is 0 Å². The van der Waals surface area contributed by atoms with Crippen LogP contribution in [0.5, 0.6) is 5.75 Å². The lowest BCUT2D eigenvalue weighted by molar-refractivity contribution is 0.0544. The second-order valence-corrected chi connectivity index (χ2v) is 3.83. The maximum absolute atomic E-state index is 5.47. The molecule has 1 aromatic rings. The molecule has 0 unspecified atom stereocenters. The molecule has 0 aliphatic heterocycles. The first kappa shape index (κ1) is 12.5. The number of hydrogen-bond acceptors (Lipinski definition) is 3. The second-order valence-electron chi connectivity index (χ2n) is 2.91. The average Bonchev–Trinajstić information content (AvgIpc) is 2.23. The van der Waals surface area contributed by atoms with Crippen LogP contribution in [0.25, 0.3) is 0 Å². The van der Waals surface area contributed by atoms with Crippen LogP contribution in [-0.2, 0) is 9.47 Å². The van der Waals surface area contributed by atoms with Crippen LogP contribution in [0.15, 0.2) is 28.7 Å². The normalized spacial score (nSPS) is 10.3. The van der Waals surface area contributed by atoms with E-state index < -0.39 is 0 Å². The van der Waals surface area contributed by atoms with Crippen LogP contribution in [0, 0.1) is 0 Å². The maximum atomic E-state index is 5.47. The summed E-state index contributed by atoms with van der Waals surface area (Å²) in [5, 5.41) is 0. The van der Waals surface area contributed by atoms with E-state index in [1.54, 1.807) is 7.11 Å². The summed E-state index contributed by atoms with van der Waals surface area (Å²) in [5.74, 6) is 0.847. The minimum Gasteiger partial charge on any atom is -0.491 e. The fourth-order valence-corrected chi connectivity index (χ4v) is 1.40. The summed E-state index contributed by atoms with van der Waals surface area (Å²) in [4.78, 5) is 0. The fraction of sp³-hybridized carbons (Fsp3) is 0.455. The van der Waals surface area contributed by atoms with Crippen LogP contribution >= 0.6 is 15.9 Å². The molecule has 0 aliphatic rings. The van der Waals surface area contributed by atoms with Crippen LogP contribution in [0.4, 0.5) is 0 Å². The van der Waals surface area contributed by atoms with E-state index in [9.17, 15) is 0 Å². The lowest BCUT2D eigenvalue weighted by atomic mass is 10.3. The number of benzene rings is 1. The lowest BCUT2D eigenvalue weighted by Crippen LogP contribution is -2.09. The van der Waals surface area contributed by atoms with Crippen molar-refractivity contribution in [3.63, 3.8) is 0 Å². The van der Waals surface area contributed by atoms with Crippen molar-refractivity contribution in [2.45, 2.75) is 0 Å². The van der Waals surface area contributed by atoms with Gasteiger partial charge in [0.1, 0.15) is 12.4 Å².